The fourth-order valence-electron chi connectivity index (χ4n) is 3.09. The smallest absolute Gasteiger partial charge is 0.315 e. The normalized spacial score (nSPS) is 15.5. The van der Waals surface area contributed by atoms with Gasteiger partial charge in [0.2, 0.25) is 10.0 Å². The zero-order valence-electron chi connectivity index (χ0n) is 15.2. The minimum absolute atomic E-state index is 0.0616. The second-order valence-electron chi connectivity index (χ2n) is 6.67. The number of esters is 1. The number of sulfonamides is 1. The van der Waals surface area contributed by atoms with Crippen LogP contribution in [0.15, 0.2) is 47.4 Å². The summed E-state index contributed by atoms with van der Waals surface area (Å²) in [7, 11) is -3.46. The average molecular weight is 408 g/mol. The van der Waals surface area contributed by atoms with Gasteiger partial charge in [0, 0.05) is 18.1 Å². The molecule has 5 nitrogen and oxygen atoms in total. The van der Waals surface area contributed by atoms with Crippen LogP contribution in [0.3, 0.4) is 0 Å². The number of aryl methyl sites for hydroxylation is 1. The Morgan fingerprint density at radius 1 is 1.07 bits per heavy atom. The average Bonchev–Trinajstić information content (AvgIpc) is 2.65. The molecule has 0 radical (unpaired) electrons. The molecule has 0 spiro atoms. The van der Waals surface area contributed by atoms with Crippen molar-refractivity contribution in [2.24, 2.45) is 0 Å². The Morgan fingerprint density at radius 3 is 2.37 bits per heavy atom. The largest absolute Gasteiger partial charge is 0.426 e. The van der Waals surface area contributed by atoms with Gasteiger partial charge in [0.25, 0.3) is 0 Å². The lowest BCUT2D eigenvalue weighted by molar-refractivity contribution is -0.133. The van der Waals surface area contributed by atoms with Gasteiger partial charge in [0.1, 0.15) is 5.75 Å². The lowest BCUT2D eigenvalue weighted by Gasteiger charge is -2.25. The molecule has 2 aromatic rings. The van der Waals surface area contributed by atoms with Crippen molar-refractivity contribution in [1.82, 2.24) is 4.31 Å². The molecular formula is C20H22ClNO4S. The third-order valence-electron chi connectivity index (χ3n) is 4.59. The summed E-state index contributed by atoms with van der Waals surface area (Å²) in [6.07, 6.45) is 2.92. The van der Waals surface area contributed by atoms with Gasteiger partial charge in [-0.3, -0.25) is 4.79 Å². The highest BCUT2D eigenvalue weighted by molar-refractivity contribution is 7.89. The quantitative estimate of drug-likeness (QED) is 0.555. The number of rotatable bonds is 5. The third-order valence-corrected chi connectivity index (χ3v) is 6.73. The van der Waals surface area contributed by atoms with E-state index in [4.69, 9.17) is 16.3 Å². The summed E-state index contributed by atoms with van der Waals surface area (Å²) in [6, 6.07) is 11.5. The molecule has 1 saturated heterocycles. The van der Waals surface area contributed by atoms with Gasteiger partial charge in [-0.15, -0.1) is 0 Å². The molecule has 0 aromatic heterocycles. The molecule has 3 rings (SSSR count). The van der Waals surface area contributed by atoms with E-state index in [0.717, 1.165) is 24.8 Å². The molecule has 1 aliphatic rings. The highest BCUT2D eigenvalue weighted by Gasteiger charge is 2.25. The van der Waals surface area contributed by atoms with Gasteiger partial charge in [-0.2, -0.15) is 4.31 Å². The highest BCUT2D eigenvalue weighted by Crippen LogP contribution is 2.23. The summed E-state index contributed by atoms with van der Waals surface area (Å²) in [5, 5.41) is 0.581. The molecule has 7 heteroatoms. The number of hydrogen-bond acceptors (Lipinski definition) is 4. The number of hydrogen-bond donors (Lipinski definition) is 0. The molecule has 0 unspecified atom stereocenters. The number of nitrogens with zero attached hydrogens (tertiary/aromatic N) is 1. The van der Waals surface area contributed by atoms with E-state index in [-0.39, 0.29) is 11.3 Å². The minimum atomic E-state index is -3.46. The molecule has 0 bridgehead atoms. The summed E-state index contributed by atoms with van der Waals surface area (Å²) in [5.74, 6) is 0.0563. The van der Waals surface area contributed by atoms with Crippen LogP contribution in [0.5, 0.6) is 5.75 Å². The van der Waals surface area contributed by atoms with Crippen molar-refractivity contribution in [2.75, 3.05) is 13.1 Å². The summed E-state index contributed by atoms with van der Waals surface area (Å²) >= 11 is 5.90. The molecule has 0 saturated carbocycles. The Balaban J connectivity index is 1.65. The van der Waals surface area contributed by atoms with Gasteiger partial charge in [-0.05, 0) is 61.2 Å². The van der Waals surface area contributed by atoms with Crippen LogP contribution in [-0.4, -0.2) is 31.8 Å². The Hall–Kier alpha value is -1.89. The molecule has 1 heterocycles. The lowest BCUT2D eigenvalue weighted by Crippen LogP contribution is -2.35. The van der Waals surface area contributed by atoms with Crippen LogP contribution in [0, 0.1) is 6.92 Å². The number of ether oxygens (including phenoxy) is 1. The monoisotopic (exact) mass is 407 g/mol. The first-order valence-corrected chi connectivity index (χ1v) is 10.7. The molecule has 0 N–H and O–H groups in total. The maximum absolute atomic E-state index is 12.7. The first kappa shape index (κ1) is 19.9. The Bertz CT molecular complexity index is 919. The van der Waals surface area contributed by atoms with Crippen molar-refractivity contribution in [3.8, 4) is 5.75 Å². The number of carbonyl (C=O) groups excluding carboxylic acids is 1. The fourth-order valence-corrected chi connectivity index (χ4v) is 4.83. The summed E-state index contributed by atoms with van der Waals surface area (Å²) in [5.41, 5.74) is 1.48. The van der Waals surface area contributed by atoms with E-state index in [1.807, 2.05) is 6.92 Å². The first-order chi connectivity index (χ1) is 12.9. The van der Waals surface area contributed by atoms with E-state index in [1.54, 1.807) is 42.5 Å². The first-order valence-electron chi connectivity index (χ1n) is 8.92. The molecule has 0 atom stereocenters. The lowest BCUT2D eigenvalue weighted by atomic mass is 10.1. The van der Waals surface area contributed by atoms with E-state index < -0.39 is 16.0 Å². The summed E-state index contributed by atoms with van der Waals surface area (Å²) < 4.78 is 32.2. The van der Waals surface area contributed by atoms with Gasteiger partial charge < -0.3 is 4.74 Å². The highest BCUT2D eigenvalue weighted by atomic mass is 35.5. The summed E-state index contributed by atoms with van der Waals surface area (Å²) in [6.45, 7) is 2.95. The number of carbonyl (C=O) groups is 1. The third kappa shape index (κ3) is 4.89. The molecule has 1 aliphatic heterocycles. The van der Waals surface area contributed by atoms with Crippen LogP contribution in [0.25, 0.3) is 0 Å². The Labute approximate surface area is 165 Å². The maximum atomic E-state index is 12.7. The zero-order valence-corrected chi connectivity index (χ0v) is 16.7. The van der Waals surface area contributed by atoms with Gasteiger partial charge in [-0.1, -0.05) is 30.2 Å². The second-order valence-corrected chi connectivity index (χ2v) is 9.04. The van der Waals surface area contributed by atoms with E-state index >= 15 is 0 Å². The van der Waals surface area contributed by atoms with Crippen LogP contribution >= 0.6 is 11.6 Å². The number of halogens is 1. The molecule has 144 valence electrons. The predicted molar refractivity (Wildman–Crippen MR) is 105 cm³/mol. The molecular weight excluding hydrogens is 386 g/mol. The Morgan fingerprint density at radius 2 is 1.74 bits per heavy atom. The van der Waals surface area contributed by atoms with Crippen molar-refractivity contribution in [1.29, 1.82) is 0 Å². The van der Waals surface area contributed by atoms with Crippen LogP contribution in [-0.2, 0) is 21.2 Å². The van der Waals surface area contributed by atoms with Crippen LogP contribution < -0.4 is 4.74 Å². The van der Waals surface area contributed by atoms with E-state index in [2.05, 4.69) is 0 Å². The van der Waals surface area contributed by atoms with Crippen LogP contribution in [0.4, 0.5) is 0 Å². The molecule has 1 fully saturated rings. The van der Waals surface area contributed by atoms with Gasteiger partial charge in [0.15, 0.2) is 0 Å². The van der Waals surface area contributed by atoms with Crippen LogP contribution in [0.2, 0.25) is 5.02 Å². The van der Waals surface area contributed by atoms with Crippen LogP contribution in [0.1, 0.15) is 30.4 Å². The van der Waals surface area contributed by atoms with Crippen molar-refractivity contribution < 1.29 is 17.9 Å². The van der Waals surface area contributed by atoms with Gasteiger partial charge >= 0.3 is 5.97 Å². The van der Waals surface area contributed by atoms with E-state index in [9.17, 15) is 13.2 Å². The molecule has 0 aliphatic carbocycles. The van der Waals surface area contributed by atoms with Crippen molar-refractivity contribution in [3.63, 3.8) is 0 Å². The summed E-state index contributed by atoms with van der Waals surface area (Å²) in [4.78, 5) is 12.4. The molecule has 0 amide bonds. The van der Waals surface area contributed by atoms with Gasteiger partial charge in [0.05, 0.1) is 11.3 Å². The zero-order chi connectivity index (χ0) is 19.4. The molecule has 2 aromatic carbocycles. The Kier molecular flexibility index (Phi) is 6.19. The standard InChI is InChI=1S/C20H22ClNO4S/c1-15-13-17(21)7-10-19(15)26-20(23)14-16-5-8-18(9-6-16)27(24,25)22-11-3-2-4-12-22/h5-10,13H,2-4,11-12,14H2,1H3. The number of piperidine rings is 1. The van der Waals surface area contributed by atoms with E-state index in [0.29, 0.717) is 29.4 Å². The fraction of sp³-hybridized carbons (Fsp3) is 0.350. The topological polar surface area (TPSA) is 63.7 Å². The second kappa shape index (κ2) is 8.42. The van der Waals surface area contributed by atoms with Gasteiger partial charge in [-0.25, -0.2) is 8.42 Å². The van der Waals surface area contributed by atoms with Crippen molar-refractivity contribution >= 4 is 27.6 Å². The minimum Gasteiger partial charge on any atom is -0.426 e. The van der Waals surface area contributed by atoms with E-state index in [1.165, 1.54) is 4.31 Å². The molecule has 27 heavy (non-hydrogen) atoms. The SMILES string of the molecule is Cc1cc(Cl)ccc1OC(=O)Cc1ccc(S(=O)(=O)N2CCCCC2)cc1. The number of benzene rings is 2. The predicted octanol–water partition coefficient (Wildman–Crippen LogP) is 3.97. The maximum Gasteiger partial charge on any atom is 0.315 e. The van der Waals surface area contributed by atoms with Crippen molar-refractivity contribution in [2.45, 2.75) is 37.5 Å². The van der Waals surface area contributed by atoms with Crippen molar-refractivity contribution in [3.05, 3.63) is 58.6 Å².